The zero-order valence-corrected chi connectivity index (χ0v) is 16.4. The Bertz CT molecular complexity index is 917. The summed E-state index contributed by atoms with van der Waals surface area (Å²) >= 11 is 0. The van der Waals surface area contributed by atoms with Crippen LogP contribution in [0.5, 0.6) is 0 Å². The normalized spacial score (nSPS) is 11.9. The molecule has 2 rings (SSSR count). The topological polar surface area (TPSA) is 46.6 Å². The van der Waals surface area contributed by atoms with E-state index in [-0.39, 0.29) is 5.69 Å². The van der Waals surface area contributed by atoms with Gasteiger partial charge in [0.15, 0.2) is 0 Å². The Labute approximate surface area is 166 Å². The number of esters is 1. The van der Waals surface area contributed by atoms with E-state index in [1.54, 1.807) is 39.8 Å². The first-order chi connectivity index (χ1) is 13.3. The third-order valence-corrected chi connectivity index (χ3v) is 3.80. The van der Waals surface area contributed by atoms with Crippen LogP contribution in [0.15, 0.2) is 42.5 Å². The molecular formula is C21H21F4NO3. The van der Waals surface area contributed by atoms with Crippen molar-refractivity contribution in [2.75, 3.05) is 11.4 Å². The average Bonchev–Trinajstić information content (AvgIpc) is 2.56. The maximum atomic E-state index is 14.3. The molecule has 2 aromatic rings. The molecular weight excluding hydrogens is 390 g/mol. The van der Waals surface area contributed by atoms with Crippen LogP contribution < -0.4 is 4.90 Å². The number of aryl methyl sites for hydroxylation is 1. The Balaban J connectivity index is 2.55. The number of halogens is 4. The molecule has 0 heterocycles. The number of hydrogen-bond acceptors (Lipinski definition) is 3. The van der Waals surface area contributed by atoms with E-state index < -0.39 is 47.1 Å². The van der Waals surface area contributed by atoms with E-state index in [0.717, 1.165) is 17.0 Å². The van der Waals surface area contributed by atoms with Crippen molar-refractivity contribution in [3.05, 3.63) is 65.0 Å². The first-order valence-corrected chi connectivity index (χ1v) is 8.75. The molecule has 1 amide bonds. The van der Waals surface area contributed by atoms with Crippen molar-refractivity contribution in [3.8, 4) is 0 Å². The molecule has 4 nitrogen and oxygen atoms in total. The predicted octanol–water partition coefficient (Wildman–Crippen LogP) is 5.14. The number of rotatable bonds is 4. The lowest BCUT2D eigenvalue weighted by molar-refractivity contribution is -0.152. The second-order valence-corrected chi connectivity index (χ2v) is 7.48. The van der Waals surface area contributed by atoms with Gasteiger partial charge in [-0.25, -0.2) is 4.39 Å². The van der Waals surface area contributed by atoms with Crippen molar-refractivity contribution >= 4 is 17.6 Å². The van der Waals surface area contributed by atoms with Crippen LogP contribution in [0, 0.1) is 12.7 Å². The van der Waals surface area contributed by atoms with Gasteiger partial charge in [0.05, 0.1) is 11.1 Å². The summed E-state index contributed by atoms with van der Waals surface area (Å²) in [5.74, 6) is -3.45. The predicted molar refractivity (Wildman–Crippen MR) is 100 cm³/mol. The average molecular weight is 411 g/mol. The van der Waals surface area contributed by atoms with Gasteiger partial charge in [-0.05, 0) is 57.5 Å². The van der Waals surface area contributed by atoms with Gasteiger partial charge >= 0.3 is 12.1 Å². The quantitative estimate of drug-likeness (QED) is 0.517. The molecule has 0 unspecified atom stereocenters. The summed E-state index contributed by atoms with van der Waals surface area (Å²) in [6.45, 7) is 5.88. The summed E-state index contributed by atoms with van der Waals surface area (Å²) in [7, 11) is 0. The highest BCUT2D eigenvalue weighted by molar-refractivity contribution is 6.09. The summed E-state index contributed by atoms with van der Waals surface area (Å²) in [4.78, 5) is 26.1. The Morgan fingerprint density at radius 3 is 2.21 bits per heavy atom. The Morgan fingerprint density at radius 2 is 1.66 bits per heavy atom. The van der Waals surface area contributed by atoms with Crippen molar-refractivity contribution in [1.29, 1.82) is 0 Å². The summed E-state index contributed by atoms with van der Waals surface area (Å²) in [6, 6.07) is 8.51. The molecule has 0 bridgehead atoms. The number of carbonyl (C=O) groups excluding carboxylic acids is 2. The van der Waals surface area contributed by atoms with E-state index in [1.165, 1.54) is 12.1 Å². The van der Waals surface area contributed by atoms with Crippen LogP contribution in [0.25, 0.3) is 0 Å². The molecule has 0 fully saturated rings. The molecule has 8 heteroatoms. The van der Waals surface area contributed by atoms with E-state index in [0.29, 0.717) is 11.6 Å². The van der Waals surface area contributed by atoms with Crippen LogP contribution in [-0.4, -0.2) is 24.0 Å². The highest BCUT2D eigenvalue weighted by Gasteiger charge is 2.38. The fourth-order valence-electron chi connectivity index (χ4n) is 2.69. The van der Waals surface area contributed by atoms with Crippen LogP contribution in [0.2, 0.25) is 0 Å². The number of ether oxygens (including phenoxy) is 1. The van der Waals surface area contributed by atoms with Gasteiger partial charge in [0.2, 0.25) is 0 Å². The van der Waals surface area contributed by atoms with Crippen molar-refractivity contribution in [2.45, 2.75) is 39.5 Å². The fraction of sp³-hybridized carbons (Fsp3) is 0.333. The molecule has 0 saturated carbocycles. The van der Waals surface area contributed by atoms with Crippen LogP contribution >= 0.6 is 0 Å². The first-order valence-electron chi connectivity index (χ1n) is 8.75. The van der Waals surface area contributed by atoms with Crippen LogP contribution in [-0.2, 0) is 15.7 Å². The third kappa shape index (κ3) is 5.79. The minimum Gasteiger partial charge on any atom is -0.459 e. The van der Waals surface area contributed by atoms with Gasteiger partial charge < -0.3 is 4.74 Å². The van der Waals surface area contributed by atoms with Gasteiger partial charge in [-0.2, -0.15) is 13.2 Å². The van der Waals surface area contributed by atoms with E-state index in [1.807, 2.05) is 0 Å². The number of alkyl halides is 3. The van der Waals surface area contributed by atoms with E-state index in [4.69, 9.17) is 4.74 Å². The lowest BCUT2D eigenvalue weighted by atomic mass is 10.0. The van der Waals surface area contributed by atoms with Crippen molar-refractivity contribution in [3.63, 3.8) is 0 Å². The lowest BCUT2D eigenvalue weighted by Gasteiger charge is -2.26. The molecule has 29 heavy (non-hydrogen) atoms. The monoisotopic (exact) mass is 411 g/mol. The molecule has 0 atom stereocenters. The number of benzene rings is 2. The van der Waals surface area contributed by atoms with Gasteiger partial charge in [0, 0.05) is 5.69 Å². The van der Waals surface area contributed by atoms with Crippen LogP contribution in [0.1, 0.15) is 42.3 Å². The third-order valence-electron chi connectivity index (χ3n) is 3.80. The standard InChI is InChI=1S/C21H21F4NO3/c1-13-7-5-8-14(11-13)26(12-17(27)29-20(2,3)4)19(28)18-15(21(23,24)25)9-6-10-16(18)22/h5-11H,12H2,1-4H3. The minimum atomic E-state index is -4.95. The summed E-state index contributed by atoms with van der Waals surface area (Å²) in [6.07, 6.45) is -4.95. The lowest BCUT2D eigenvalue weighted by Crippen LogP contribution is -2.40. The minimum absolute atomic E-state index is 0.150. The van der Waals surface area contributed by atoms with E-state index >= 15 is 0 Å². The Kier molecular flexibility index (Phi) is 6.35. The maximum absolute atomic E-state index is 14.3. The highest BCUT2D eigenvalue weighted by atomic mass is 19.4. The summed E-state index contributed by atoms with van der Waals surface area (Å²) in [5, 5.41) is 0. The molecule has 0 spiro atoms. The molecule has 0 aliphatic heterocycles. The molecule has 0 aliphatic rings. The van der Waals surface area contributed by atoms with Gasteiger partial charge in [0.1, 0.15) is 18.0 Å². The van der Waals surface area contributed by atoms with E-state index in [2.05, 4.69) is 0 Å². The SMILES string of the molecule is Cc1cccc(N(CC(=O)OC(C)(C)C)C(=O)c2c(F)cccc2C(F)(F)F)c1. The van der Waals surface area contributed by atoms with Gasteiger partial charge in [-0.1, -0.05) is 18.2 Å². The molecule has 0 saturated heterocycles. The first kappa shape index (κ1) is 22.4. The van der Waals surface area contributed by atoms with Gasteiger partial charge in [0.25, 0.3) is 5.91 Å². The van der Waals surface area contributed by atoms with Gasteiger partial charge in [-0.15, -0.1) is 0 Å². The van der Waals surface area contributed by atoms with Crippen molar-refractivity contribution < 1.29 is 31.9 Å². The van der Waals surface area contributed by atoms with Gasteiger partial charge in [-0.3, -0.25) is 14.5 Å². The smallest absolute Gasteiger partial charge is 0.417 e. The van der Waals surface area contributed by atoms with Crippen molar-refractivity contribution in [1.82, 2.24) is 0 Å². The molecule has 0 N–H and O–H groups in total. The molecule has 156 valence electrons. The number of carbonyl (C=O) groups is 2. The number of amides is 1. The zero-order chi connectivity index (χ0) is 22.0. The zero-order valence-electron chi connectivity index (χ0n) is 16.4. The largest absolute Gasteiger partial charge is 0.459 e. The van der Waals surface area contributed by atoms with E-state index in [9.17, 15) is 27.2 Å². The number of nitrogens with zero attached hydrogens (tertiary/aromatic N) is 1. The van der Waals surface area contributed by atoms with Crippen LogP contribution in [0.4, 0.5) is 23.2 Å². The second kappa shape index (κ2) is 8.23. The number of hydrogen-bond donors (Lipinski definition) is 0. The van der Waals surface area contributed by atoms with Crippen molar-refractivity contribution in [2.24, 2.45) is 0 Å². The summed E-state index contributed by atoms with van der Waals surface area (Å²) in [5.41, 5.74) is -2.58. The number of anilines is 1. The Morgan fingerprint density at radius 1 is 1.03 bits per heavy atom. The molecule has 0 aromatic heterocycles. The summed E-state index contributed by atoms with van der Waals surface area (Å²) < 4.78 is 59.6. The molecule has 2 aromatic carbocycles. The fourth-order valence-corrected chi connectivity index (χ4v) is 2.69. The second-order valence-electron chi connectivity index (χ2n) is 7.48. The van der Waals surface area contributed by atoms with Crippen LogP contribution in [0.3, 0.4) is 0 Å². The molecule has 0 aliphatic carbocycles. The maximum Gasteiger partial charge on any atom is 0.417 e. The Hall–Kier alpha value is -2.90. The highest BCUT2D eigenvalue weighted by Crippen LogP contribution is 2.34. The molecule has 0 radical (unpaired) electrons.